The van der Waals surface area contributed by atoms with Crippen molar-refractivity contribution in [2.24, 2.45) is 5.92 Å². The summed E-state index contributed by atoms with van der Waals surface area (Å²) in [5.74, 6) is 0.589. The molecule has 0 aromatic heterocycles. The summed E-state index contributed by atoms with van der Waals surface area (Å²) in [6.07, 6.45) is 7.11. The quantitative estimate of drug-likeness (QED) is 0.463. The van der Waals surface area contributed by atoms with Gasteiger partial charge in [0.05, 0.1) is 6.16 Å². The topological polar surface area (TPSA) is 0 Å². The molecule has 0 rings (SSSR count). The van der Waals surface area contributed by atoms with Crippen LogP contribution in [0.25, 0.3) is 0 Å². The van der Waals surface area contributed by atoms with Gasteiger partial charge in [0.2, 0.25) is 0 Å². The van der Waals surface area contributed by atoms with Gasteiger partial charge >= 0.3 is 0 Å². The summed E-state index contributed by atoms with van der Waals surface area (Å²) in [7, 11) is -0.629. The molecule has 0 aliphatic carbocycles. The van der Waals surface area contributed by atoms with Crippen molar-refractivity contribution in [1.82, 2.24) is 0 Å². The summed E-state index contributed by atoms with van der Waals surface area (Å²) < 4.78 is 0. The zero-order valence-electron chi connectivity index (χ0n) is 9.80. The van der Waals surface area contributed by atoms with E-state index in [4.69, 9.17) is 0 Å². The zero-order valence-corrected chi connectivity index (χ0v) is 10.7. The van der Waals surface area contributed by atoms with Gasteiger partial charge in [-0.15, -0.1) is 0 Å². The SMILES string of the molecule is C=C(C)C(/C=C/C[P+](C)(C)C)CC. The molecular formula is C12H24P+. The molecule has 0 saturated carbocycles. The molecule has 0 aromatic rings. The molecule has 0 saturated heterocycles. The smallest absolute Gasteiger partial charge is 0.0765 e. The van der Waals surface area contributed by atoms with Crippen molar-refractivity contribution in [1.29, 1.82) is 0 Å². The van der Waals surface area contributed by atoms with Crippen LogP contribution in [0.15, 0.2) is 24.3 Å². The Morgan fingerprint density at radius 2 is 1.92 bits per heavy atom. The summed E-state index contributed by atoms with van der Waals surface area (Å²) in [4.78, 5) is 0. The first-order valence-corrected chi connectivity index (χ1v) is 8.31. The van der Waals surface area contributed by atoms with E-state index in [9.17, 15) is 0 Å². The van der Waals surface area contributed by atoms with Crippen LogP contribution in [0.1, 0.15) is 20.3 Å². The molecule has 0 nitrogen and oxygen atoms in total. The van der Waals surface area contributed by atoms with Crippen molar-refractivity contribution >= 4 is 7.26 Å². The number of hydrogen-bond donors (Lipinski definition) is 0. The molecule has 0 bridgehead atoms. The van der Waals surface area contributed by atoms with Gasteiger partial charge in [-0.05, 0) is 19.3 Å². The molecule has 0 aromatic carbocycles. The van der Waals surface area contributed by atoms with E-state index in [0.29, 0.717) is 5.92 Å². The first-order valence-electron chi connectivity index (χ1n) is 4.99. The Morgan fingerprint density at radius 3 is 2.23 bits per heavy atom. The third-order valence-corrected chi connectivity index (χ3v) is 3.40. The lowest BCUT2D eigenvalue weighted by Crippen LogP contribution is -1.96. The Morgan fingerprint density at radius 1 is 1.38 bits per heavy atom. The van der Waals surface area contributed by atoms with Gasteiger partial charge in [0.1, 0.15) is 0 Å². The minimum atomic E-state index is -0.629. The van der Waals surface area contributed by atoms with Crippen molar-refractivity contribution in [2.75, 3.05) is 26.2 Å². The Labute approximate surface area is 84.5 Å². The molecule has 76 valence electrons. The van der Waals surface area contributed by atoms with E-state index < -0.39 is 7.26 Å². The summed E-state index contributed by atoms with van der Waals surface area (Å²) in [5.41, 5.74) is 1.28. The van der Waals surface area contributed by atoms with Crippen molar-refractivity contribution in [3.8, 4) is 0 Å². The molecule has 1 unspecified atom stereocenters. The Kier molecular flexibility index (Phi) is 5.56. The van der Waals surface area contributed by atoms with Crippen LogP contribution in [0.3, 0.4) is 0 Å². The lowest BCUT2D eigenvalue weighted by Gasteiger charge is -2.11. The zero-order chi connectivity index (χ0) is 10.5. The molecule has 0 N–H and O–H groups in total. The van der Waals surface area contributed by atoms with Gasteiger partial charge in [0.25, 0.3) is 0 Å². The van der Waals surface area contributed by atoms with Crippen LogP contribution in [-0.4, -0.2) is 26.2 Å². The first kappa shape index (κ1) is 12.9. The summed E-state index contributed by atoms with van der Waals surface area (Å²) in [6.45, 7) is 15.5. The molecule has 0 heterocycles. The number of allylic oxidation sites excluding steroid dienone is 3. The molecule has 0 radical (unpaired) electrons. The van der Waals surface area contributed by atoms with Crippen molar-refractivity contribution < 1.29 is 0 Å². The van der Waals surface area contributed by atoms with Gasteiger partial charge in [-0.3, -0.25) is 0 Å². The maximum Gasteiger partial charge on any atom is 0.0765 e. The van der Waals surface area contributed by atoms with E-state index in [0.717, 1.165) is 0 Å². The minimum Gasteiger partial charge on any atom is -0.0995 e. The van der Waals surface area contributed by atoms with E-state index in [2.05, 4.69) is 52.6 Å². The normalized spacial score (nSPS) is 14.8. The third-order valence-electron chi connectivity index (χ3n) is 2.09. The second kappa shape index (κ2) is 5.60. The van der Waals surface area contributed by atoms with Crippen molar-refractivity contribution in [3.63, 3.8) is 0 Å². The van der Waals surface area contributed by atoms with Crippen molar-refractivity contribution in [2.45, 2.75) is 20.3 Å². The molecule has 13 heavy (non-hydrogen) atoms. The Balaban J connectivity index is 4.02. The molecule has 0 fully saturated rings. The molecule has 0 aliphatic heterocycles. The fourth-order valence-corrected chi connectivity index (χ4v) is 1.94. The third kappa shape index (κ3) is 7.02. The lowest BCUT2D eigenvalue weighted by molar-refractivity contribution is 0.729. The lowest BCUT2D eigenvalue weighted by atomic mass is 9.99. The maximum absolute atomic E-state index is 4.00. The van der Waals surface area contributed by atoms with Gasteiger partial charge in [-0.1, -0.05) is 31.2 Å². The van der Waals surface area contributed by atoms with E-state index in [-0.39, 0.29) is 0 Å². The average Bonchev–Trinajstić information content (AvgIpc) is 1.95. The van der Waals surface area contributed by atoms with Crippen LogP contribution in [0, 0.1) is 5.92 Å². The standard InChI is InChI=1S/C12H24P/c1-7-12(11(2)3)9-8-10-13(4,5)6/h8-9,12H,2,7,10H2,1,3-6H3/q+1/b9-8+. The van der Waals surface area contributed by atoms with Gasteiger partial charge in [-0.25, -0.2) is 0 Å². The molecule has 0 spiro atoms. The number of hydrogen-bond acceptors (Lipinski definition) is 0. The minimum absolute atomic E-state index is 0.589. The van der Waals surface area contributed by atoms with Gasteiger partial charge in [-0.2, -0.15) is 0 Å². The van der Waals surface area contributed by atoms with E-state index in [1.807, 2.05) is 0 Å². The van der Waals surface area contributed by atoms with Crippen LogP contribution in [0.4, 0.5) is 0 Å². The largest absolute Gasteiger partial charge is 0.0995 e. The van der Waals surface area contributed by atoms with Gasteiger partial charge < -0.3 is 0 Å². The molecule has 0 aliphatic rings. The maximum atomic E-state index is 4.00. The Bertz CT molecular complexity index is 184. The second-order valence-electron chi connectivity index (χ2n) is 4.76. The summed E-state index contributed by atoms with van der Waals surface area (Å²) in [6, 6.07) is 0. The highest BCUT2D eigenvalue weighted by Gasteiger charge is 2.14. The molecule has 1 heteroatoms. The first-order chi connectivity index (χ1) is 5.87. The van der Waals surface area contributed by atoms with E-state index >= 15 is 0 Å². The van der Waals surface area contributed by atoms with Crippen LogP contribution in [0.5, 0.6) is 0 Å². The predicted octanol–water partition coefficient (Wildman–Crippen LogP) is 4.05. The highest BCUT2D eigenvalue weighted by molar-refractivity contribution is 7.73. The highest BCUT2D eigenvalue weighted by atomic mass is 31.2. The van der Waals surface area contributed by atoms with Crippen LogP contribution in [0.2, 0.25) is 0 Å². The van der Waals surface area contributed by atoms with Crippen LogP contribution >= 0.6 is 7.26 Å². The highest BCUT2D eigenvalue weighted by Crippen LogP contribution is 2.46. The Hall–Kier alpha value is -0.0900. The van der Waals surface area contributed by atoms with Crippen LogP contribution < -0.4 is 0 Å². The average molecular weight is 199 g/mol. The monoisotopic (exact) mass is 199 g/mol. The fourth-order valence-electron chi connectivity index (χ4n) is 1.19. The second-order valence-corrected chi connectivity index (χ2v) is 9.71. The molecule has 0 amide bonds. The van der Waals surface area contributed by atoms with E-state index in [1.165, 1.54) is 18.2 Å². The number of rotatable bonds is 5. The molecular weight excluding hydrogens is 175 g/mol. The summed E-state index contributed by atoms with van der Waals surface area (Å²) in [5, 5.41) is 0. The fraction of sp³-hybridized carbons (Fsp3) is 0.667. The van der Waals surface area contributed by atoms with E-state index in [1.54, 1.807) is 0 Å². The predicted molar refractivity (Wildman–Crippen MR) is 67.3 cm³/mol. The summed E-state index contributed by atoms with van der Waals surface area (Å²) >= 11 is 0. The van der Waals surface area contributed by atoms with Gasteiger partial charge in [0.15, 0.2) is 0 Å². The molecule has 1 atom stereocenters. The van der Waals surface area contributed by atoms with Crippen LogP contribution in [-0.2, 0) is 0 Å². The van der Waals surface area contributed by atoms with Crippen molar-refractivity contribution in [3.05, 3.63) is 24.3 Å². The van der Waals surface area contributed by atoms with Gasteiger partial charge in [0, 0.05) is 27.3 Å².